The molecule has 0 saturated carbocycles. The molecule has 1 unspecified atom stereocenters. The Hall–Kier alpha value is -2.06. The van der Waals surface area contributed by atoms with Crippen LogP contribution in [0.1, 0.15) is 27.5 Å². The normalized spacial score (nSPS) is 12.1. The van der Waals surface area contributed by atoms with Gasteiger partial charge in [-0.1, -0.05) is 48.0 Å². The molecule has 0 aliphatic carbocycles. The fourth-order valence-corrected chi connectivity index (χ4v) is 3.44. The minimum absolute atomic E-state index is 0.380. The van der Waals surface area contributed by atoms with Gasteiger partial charge in [0.2, 0.25) is 0 Å². The fraction of sp³-hybridized carbons (Fsp3) is 0.200. The van der Waals surface area contributed by atoms with Crippen molar-refractivity contribution in [3.63, 3.8) is 0 Å². The first-order valence-electron chi connectivity index (χ1n) is 7.49. The van der Waals surface area contributed by atoms with Gasteiger partial charge in [-0.15, -0.1) is 11.3 Å². The van der Waals surface area contributed by atoms with Crippen LogP contribution in [0.4, 0.5) is 0 Å². The lowest BCUT2D eigenvalue weighted by molar-refractivity contribution is 0.414. The van der Waals surface area contributed by atoms with Gasteiger partial charge >= 0.3 is 0 Å². The van der Waals surface area contributed by atoms with Crippen LogP contribution in [0.2, 0.25) is 0 Å². The second-order valence-electron chi connectivity index (χ2n) is 5.52. The van der Waals surface area contributed by atoms with Crippen molar-refractivity contribution in [3.8, 4) is 5.75 Å². The number of methoxy groups -OCH3 is 1. The first kappa shape index (κ1) is 14.9. The molecular weight excluding hydrogens is 288 g/mol. The summed E-state index contributed by atoms with van der Waals surface area (Å²) in [4.78, 5) is 1.42. The SMILES string of the molecule is COc1ccc(C(Cc2cccs2)c2ccc(C)cc2)cc1. The van der Waals surface area contributed by atoms with E-state index < -0.39 is 0 Å². The number of ether oxygens (including phenoxy) is 1. The Morgan fingerprint density at radius 2 is 1.55 bits per heavy atom. The summed E-state index contributed by atoms with van der Waals surface area (Å²) in [7, 11) is 1.71. The minimum Gasteiger partial charge on any atom is -0.497 e. The molecule has 0 fully saturated rings. The molecule has 112 valence electrons. The summed E-state index contributed by atoms with van der Waals surface area (Å²) in [6, 6.07) is 21.7. The van der Waals surface area contributed by atoms with Gasteiger partial charge in [-0.2, -0.15) is 0 Å². The van der Waals surface area contributed by atoms with E-state index in [1.807, 2.05) is 23.5 Å². The highest BCUT2D eigenvalue weighted by molar-refractivity contribution is 7.09. The molecular formula is C20H20OS. The van der Waals surface area contributed by atoms with Crippen molar-refractivity contribution in [3.05, 3.63) is 87.6 Å². The van der Waals surface area contributed by atoms with E-state index in [4.69, 9.17) is 4.74 Å². The highest BCUT2D eigenvalue weighted by Crippen LogP contribution is 2.31. The van der Waals surface area contributed by atoms with E-state index in [1.165, 1.54) is 21.6 Å². The predicted molar refractivity (Wildman–Crippen MR) is 94.0 cm³/mol. The van der Waals surface area contributed by atoms with E-state index in [9.17, 15) is 0 Å². The summed E-state index contributed by atoms with van der Waals surface area (Å²) in [5.41, 5.74) is 4.00. The molecule has 2 aromatic carbocycles. The summed E-state index contributed by atoms with van der Waals surface area (Å²) < 4.78 is 5.28. The summed E-state index contributed by atoms with van der Waals surface area (Å²) in [6.07, 6.45) is 1.03. The van der Waals surface area contributed by atoms with E-state index in [0.717, 1.165) is 12.2 Å². The number of rotatable bonds is 5. The average Bonchev–Trinajstić information content (AvgIpc) is 3.07. The summed E-state index contributed by atoms with van der Waals surface area (Å²) in [6.45, 7) is 2.13. The number of thiophene rings is 1. The third-order valence-electron chi connectivity index (χ3n) is 3.98. The topological polar surface area (TPSA) is 9.23 Å². The largest absolute Gasteiger partial charge is 0.497 e. The van der Waals surface area contributed by atoms with Crippen molar-refractivity contribution in [1.29, 1.82) is 0 Å². The van der Waals surface area contributed by atoms with Crippen molar-refractivity contribution in [2.24, 2.45) is 0 Å². The Labute approximate surface area is 136 Å². The van der Waals surface area contributed by atoms with E-state index in [2.05, 4.69) is 60.8 Å². The number of benzene rings is 2. The standard InChI is InChI=1S/C20H20OS/c1-15-5-7-16(8-6-15)20(14-19-4-3-13-22-19)17-9-11-18(21-2)12-10-17/h3-13,20H,14H2,1-2H3. The van der Waals surface area contributed by atoms with Gasteiger partial charge in [-0.05, 0) is 48.1 Å². The third-order valence-corrected chi connectivity index (χ3v) is 4.88. The van der Waals surface area contributed by atoms with Crippen LogP contribution in [0.3, 0.4) is 0 Å². The van der Waals surface area contributed by atoms with Crippen molar-refractivity contribution >= 4 is 11.3 Å². The Morgan fingerprint density at radius 3 is 2.09 bits per heavy atom. The molecule has 1 heterocycles. The zero-order valence-corrected chi connectivity index (χ0v) is 13.8. The van der Waals surface area contributed by atoms with Gasteiger partial charge < -0.3 is 4.74 Å². The Bertz CT molecular complexity index is 696. The second-order valence-corrected chi connectivity index (χ2v) is 6.55. The molecule has 0 N–H and O–H groups in total. The van der Waals surface area contributed by atoms with Crippen LogP contribution in [-0.4, -0.2) is 7.11 Å². The van der Waals surface area contributed by atoms with Crippen LogP contribution in [-0.2, 0) is 6.42 Å². The molecule has 0 bridgehead atoms. The van der Waals surface area contributed by atoms with Gasteiger partial charge in [0, 0.05) is 10.8 Å². The zero-order chi connectivity index (χ0) is 15.4. The number of hydrogen-bond donors (Lipinski definition) is 0. The summed E-state index contributed by atoms with van der Waals surface area (Å²) >= 11 is 1.83. The summed E-state index contributed by atoms with van der Waals surface area (Å²) in [5, 5.41) is 2.15. The minimum atomic E-state index is 0.380. The molecule has 1 nitrogen and oxygen atoms in total. The number of aryl methyl sites for hydroxylation is 1. The van der Waals surface area contributed by atoms with E-state index in [-0.39, 0.29) is 0 Å². The van der Waals surface area contributed by atoms with Crippen LogP contribution >= 0.6 is 11.3 Å². The second kappa shape index (κ2) is 6.80. The molecule has 1 atom stereocenters. The molecule has 0 aliphatic heterocycles. The summed E-state index contributed by atoms with van der Waals surface area (Å²) in [5.74, 6) is 1.28. The Kier molecular flexibility index (Phi) is 4.59. The Balaban J connectivity index is 1.95. The van der Waals surface area contributed by atoms with Gasteiger partial charge in [0.1, 0.15) is 5.75 Å². The van der Waals surface area contributed by atoms with Crippen LogP contribution in [0.25, 0.3) is 0 Å². The van der Waals surface area contributed by atoms with Crippen LogP contribution < -0.4 is 4.74 Å². The van der Waals surface area contributed by atoms with Gasteiger partial charge in [0.25, 0.3) is 0 Å². The lowest BCUT2D eigenvalue weighted by Gasteiger charge is -2.18. The molecule has 1 aromatic heterocycles. The Morgan fingerprint density at radius 1 is 0.909 bits per heavy atom. The van der Waals surface area contributed by atoms with Crippen molar-refractivity contribution in [1.82, 2.24) is 0 Å². The van der Waals surface area contributed by atoms with Gasteiger partial charge in [-0.25, -0.2) is 0 Å². The van der Waals surface area contributed by atoms with Crippen molar-refractivity contribution in [2.45, 2.75) is 19.3 Å². The highest BCUT2D eigenvalue weighted by atomic mass is 32.1. The maximum Gasteiger partial charge on any atom is 0.118 e. The predicted octanol–water partition coefficient (Wildman–Crippen LogP) is 5.44. The van der Waals surface area contributed by atoms with Gasteiger partial charge in [0.05, 0.1) is 7.11 Å². The van der Waals surface area contributed by atoms with Crippen LogP contribution in [0.15, 0.2) is 66.0 Å². The maximum atomic E-state index is 5.28. The van der Waals surface area contributed by atoms with Crippen molar-refractivity contribution < 1.29 is 4.74 Å². The molecule has 0 spiro atoms. The third kappa shape index (κ3) is 3.40. The monoisotopic (exact) mass is 308 g/mol. The molecule has 22 heavy (non-hydrogen) atoms. The van der Waals surface area contributed by atoms with E-state index >= 15 is 0 Å². The van der Waals surface area contributed by atoms with Crippen LogP contribution in [0.5, 0.6) is 5.75 Å². The number of hydrogen-bond acceptors (Lipinski definition) is 2. The fourth-order valence-electron chi connectivity index (χ4n) is 2.69. The van der Waals surface area contributed by atoms with Gasteiger partial charge in [-0.3, -0.25) is 0 Å². The van der Waals surface area contributed by atoms with E-state index in [0.29, 0.717) is 5.92 Å². The average molecular weight is 308 g/mol. The first-order chi connectivity index (χ1) is 10.8. The van der Waals surface area contributed by atoms with E-state index in [1.54, 1.807) is 7.11 Å². The smallest absolute Gasteiger partial charge is 0.118 e. The lowest BCUT2D eigenvalue weighted by atomic mass is 9.87. The highest BCUT2D eigenvalue weighted by Gasteiger charge is 2.15. The molecule has 0 saturated heterocycles. The van der Waals surface area contributed by atoms with Crippen LogP contribution in [0, 0.1) is 6.92 Å². The quantitative estimate of drug-likeness (QED) is 0.610. The molecule has 3 rings (SSSR count). The molecule has 0 amide bonds. The molecule has 2 heteroatoms. The molecule has 0 radical (unpaired) electrons. The molecule has 0 aliphatic rings. The van der Waals surface area contributed by atoms with Gasteiger partial charge in [0.15, 0.2) is 0 Å². The molecule has 3 aromatic rings. The van der Waals surface area contributed by atoms with Crippen molar-refractivity contribution in [2.75, 3.05) is 7.11 Å². The maximum absolute atomic E-state index is 5.28. The first-order valence-corrected chi connectivity index (χ1v) is 8.37. The lowest BCUT2D eigenvalue weighted by Crippen LogP contribution is -2.04. The zero-order valence-electron chi connectivity index (χ0n) is 13.0.